The van der Waals surface area contributed by atoms with Crippen LogP contribution in [0.1, 0.15) is 37.3 Å². The maximum atomic E-state index is 10.2. The zero-order valence-electron chi connectivity index (χ0n) is 12.9. The molecule has 112 valence electrons. The molecule has 1 N–H and O–H groups in total. The minimum Gasteiger partial charge on any atom is -0.491 e. The first-order valence-electron chi connectivity index (χ1n) is 7.68. The van der Waals surface area contributed by atoms with Crippen molar-refractivity contribution in [2.45, 2.75) is 52.2 Å². The van der Waals surface area contributed by atoms with Crippen molar-refractivity contribution >= 4 is 0 Å². The molecule has 1 fully saturated rings. The van der Waals surface area contributed by atoms with E-state index in [1.54, 1.807) is 0 Å². The lowest BCUT2D eigenvalue weighted by molar-refractivity contribution is 0.0436. The summed E-state index contributed by atoms with van der Waals surface area (Å²) in [6, 6.07) is 6.72. The molecule has 0 bridgehead atoms. The van der Waals surface area contributed by atoms with E-state index in [-0.39, 0.29) is 0 Å². The molecule has 3 nitrogen and oxygen atoms in total. The minimum atomic E-state index is -0.420. The van der Waals surface area contributed by atoms with Crippen LogP contribution in [0, 0.1) is 13.8 Å². The van der Waals surface area contributed by atoms with Crippen LogP contribution >= 0.6 is 0 Å². The molecule has 20 heavy (non-hydrogen) atoms. The lowest BCUT2D eigenvalue weighted by Gasteiger charge is -2.34. The van der Waals surface area contributed by atoms with Gasteiger partial charge in [-0.1, -0.05) is 24.1 Å². The number of ether oxygens (including phenoxy) is 1. The number of aryl methyl sites for hydroxylation is 2. The van der Waals surface area contributed by atoms with E-state index in [1.165, 1.54) is 24.8 Å². The van der Waals surface area contributed by atoms with Crippen LogP contribution in [0.15, 0.2) is 18.2 Å². The average molecular weight is 277 g/mol. The first-order chi connectivity index (χ1) is 9.56. The number of aliphatic hydroxyl groups excluding tert-OH is 1. The van der Waals surface area contributed by atoms with Gasteiger partial charge in [0.2, 0.25) is 0 Å². The largest absolute Gasteiger partial charge is 0.491 e. The molecular formula is C17H27NO2. The molecule has 1 aliphatic rings. The molecule has 0 aliphatic carbocycles. The Hall–Kier alpha value is -1.06. The molecule has 1 saturated heterocycles. The highest BCUT2D eigenvalue weighted by molar-refractivity contribution is 5.35. The second kappa shape index (κ2) is 7.09. The molecule has 1 aliphatic heterocycles. The summed E-state index contributed by atoms with van der Waals surface area (Å²) in [4.78, 5) is 2.37. The number of likely N-dealkylation sites (tertiary alicyclic amines) is 1. The molecule has 0 radical (unpaired) electrons. The monoisotopic (exact) mass is 277 g/mol. The van der Waals surface area contributed by atoms with Crippen molar-refractivity contribution in [3.8, 4) is 5.75 Å². The van der Waals surface area contributed by atoms with Gasteiger partial charge in [0.25, 0.3) is 0 Å². The molecule has 2 rings (SSSR count). The number of rotatable bonds is 5. The third kappa shape index (κ3) is 4.22. The fourth-order valence-electron chi connectivity index (χ4n) is 2.90. The maximum Gasteiger partial charge on any atom is 0.122 e. The highest BCUT2D eigenvalue weighted by Gasteiger charge is 2.21. The fraction of sp³-hybridized carbons (Fsp3) is 0.647. The molecule has 0 unspecified atom stereocenters. The van der Waals surface area contributed by atoms with Crippen molar-refractivity contribution in [3.63, 3.8) is 0 Å². The Morgan fingerprint density at radius 3 is 2.85 bits per heavy atom. The molecule has 0 saturated carbocycles. The van der Waals surface area contributed by atoms with E-state index in [0.717, 1.165) is 17.9 Å². The Bertz CT molecular complexity index is 433. The molecule has 1 aromatic carbocycles. The van der Waals surface area contributed by atoms with Crippen LogP contribution in [0.25, 0.3) is 0 Å². The van der Waals surface area contributed by atoms with Crippen LogP contribution in [0.3, 0.4) is 0 Å². The van der Waals surface area contributed by atoms with E-state index in [2.05, 4.69) is 24.8 Å². The van der Waals surface area contributed by atoms with E-state index in [4.69, 9.17) is 4.74 Å². The predicted octanol–water partition coefficient (Wildman–Crippen LogP) is 2.92. The summed E-state index contributed by atoms with van der Waals surface area (Å²) in [5, 5.41) is 10.2. The topological polar surface area (TPSA) is 32.7 Å². The van der Waals surface area contributed by atoms with Gasteiger partial charge in [-0.3, -0.25) is 4.90 Å². The lowest BCUT2D eigenvalue weighted by Crippen LogP contribution is -2.43. The average Bonchev–Trinajstić information content (AvgIpc) is 2.40. The summed E-state index contributed by atoms with van der Waals surface area (Å²) in [6.07, 6.45) is 3.38. The number of aliphatic hydroxyl groups is 1. The van der Waals surface area contributed by atoms with Crippen LogP contribution in [-0.4, -0.2) is 41.8 Å². The third-order valence-electron chi connectivity index (χ3n) is 4.15. The van der Waals surface area contributed by atoms with Gasteiger partial charge in [-0.25, -0.2) is 0 Å². The van der Waals surface area contributed by atoms with E-state index in [1.807, 2.05) is 19.1 Å². The van der Waals surface area contributed by atoms with E-state index in [9.17, 15) is 5.11 Å². The number of nitrogens with zero attached hydrogens (tertiary/aromatic N) is 1. The molecule has 1 heterocycles. The van der Waals surface area contributed by atoms with Gasteiger partial charge in [-0.15, -0.1) is 0 Å². The van der Waals surface area contributed by atoms with Crippen molar-refractivity contribution in [2.75, 3.05) is 19.7 Å². The second-order valence-electron chi connectivity index (χ2n) is 6.07. The van der Waals surface area contributed by atoms with E-state index in [0.29, 0.717) is 19.2 Å². The SMILES string of the molecule is Cc1ccc(OC[C@H](O)CN2CCCC[C@@H]2C)c(C)c1. The smallest absolute Gasteiger partial charge is 0.122 e. The standard InChI is InChI=1S/C17H27NO2/c1-13-7-8-17(14(2)10-13)20-12-16(19)11-18-9-5-4-6-15(18)3/h7-8,10,15-16,19H,4-6,9,11-12H2,1-3H3/t15-,16+/m0/s1. The summed E-state index contributed by atoms with van der Waals surface area (Å²) in [7, 11) is 0. The molecule has 0 aromatic heterocycles. The number of piperidine rings is 1. The van der Waals surface area contributed by atoms with Gasteiger partial charge in [0.05, 0.1) is 0 Å². The number of β-amino-alcohol motifs (C(OH)–C–C–N with tert-alkyl or cyclic N) is 1. The zero-order chi connectivity index (χ0) is 14.5. The van der Waals surface area contributed by atoms with Gasteiger partial charge >= 0.3 is 0 Å². The Kier molecular flexibility index (Phi) is 5.44. The highest BCUT2D eigenvalue weighted by atomic mass is 16.5. The van der Waals surface area contributed by atoms with Crippen LogP contribution < -0.4 is 4.74 Å². The quantitative estimate of drug-likeness (QED) is 0.898. The molecule has 1 aromatic rings. The summed E-state index contributed by atoms with van der Waals surface area (Å²) < 4.78 is 5.75. The van der Waals surface area contributed by atoms with Crippen molar-refractivity contribution in [3.05, 3.63) is 29.3 Å². The van der Waals surface area contributed by atoms with Gasteiger partial charge in [-0.05, 0) is 51.8 Å². The van der Waals surface area contributed by atoms with Crippen LogP contribution in [-0.2, 0) is 0 Å². The van der Waals surface area contributed by atoms with Crippen LogP contribution in [0.2, 0.25) is 0 Å². The van der Waals surface area contributed by atoms with Crippen LogP contribution in [0.4, 0.5) is 0 Å². The number of benzene rings is 1. The van der Waals surface area contributed by atoms with E-state index >= 15 is 0 Å². The van der Waals surface area contributed by atoms with Gasteiger partial charge in [0.1, 0.15) is 18.5 Å². The Labute approximate surface area is 122 Å². The molecule has 2 atom stereocenters. The van der Waals surface area contributed by atoms with Crippen LogP contribution in [0.5, 0.6) is 5.75 Å². The normalized spacial score (nSPS) is 21.7. The van der Waals surface area contributed by atoms with Gasteiger partial charge < -0.3 is 9.84 Å². The molecule has 0 spiro atoms. The Morgan fingerprint density at radius 1 is 1.35 bits per heavy atom. The molecule has 3 heteroatoms. The van der Waals surface area contributed by atoms with Crippen molar-refractivity contribution in [1.29, 1.82) is 0 Å². The first-order valence-corrected chi connectivity index (χ1v) is 7.68. The van der Waals surface area contributed by atoms with Gasteiger partial charge in [0.15, 0.2) is 0 Å². The Morgan fingerprint density at radius 2 is 2.15 bits per heavy atom. The first kappa shape index (κ1) is 15.3. The highest BCUT2D eigenvalue weighted by Crippen LogP contribution is 2.20. The second-order valence-corrected chi connectivity index (χ2v) is 6.07. The van der Waals surface area contributed by atoms with Gasteiger partial charge in [0, 0.05) is 12.6 Å². The minimum absolute atomic E-state index is 0.368. The number of hydrogen-bond donors (Lipinski definition) is 1. The maximum absolute atomic E-state index is 10.2. The van der Waals surface area contributed by atoms with Crippen molar-refractivity contribution < 1.29 is 9.84 Å². The number of hydrogen-bond acceptors (Lipinski definition) is 3. The fourth-order valence-corrected chi connectivity index (χ4v) is 2.90. The van der Waals surface area contributed by atoms with Crippen molar-refractivity contribution in [1.82, 2.24) is 4.90 Å². The molecular weight excluding hydrogens is 250 g/mol. The van der Waals surface area contributed by atoms with E-state index < -0.39 is 6.10 Å². The summed E-state index contributed by atoms with van der Waals surface area (Å²) in [5.41, 5.74) is 2.36. The summed E-state index contributed by atoms with van der Waals surface area (Å²) in [6.45, 7) is 8.54. The zero-order valence-corrected chi connectivity index (χ0v) is 12.9. The lowest BCUT2D eigenvalue weighted by atomic mass is 10.0. The predicted molar refractivity (Wildman–Crippen MR) is 82.3 cm³/mol. The van der Waals surface area contributed by atoms with Gasteiger partial charge in [-0.2, -0.15) is 0 Å². The molecule has 0 amide bonds. The third-order valence-corrected chi connectivity index (χ3v) is 4.15. The summed E-state index contributed by atoms with van der Waals surface area (Å²) >= 11 is 0. The Balaban J connectivity index is 1.81. The van der Waals surface area contributed by atoms with Crippen molar-refractivity contribution in [2.24, 2.45) is 0 Å². The summed E-state index contributed by atoms with van der Waals surface area (Å²) in [5.74, 6) is 0.876.